The number of carboxylic acid groups (broad SMARTS) is 4. The van der Waals surface area contributed by atoms with Crippen LogP contribution in [0.3, 0.4) is 0 Å². The molecule has 0 unspecified atom stereocenters. The third-order valence-electron chi connectivity index (χ3n) is 14.6. The lowest BCUT2D eigenvalue weighted by atomic mass is 10.00. The number of primary amides is 1. The van der Waals surface area contributed by atoms with Gasteiger partial charge in [-0.3, -0.25) is 71.9 Å². The number of nitrogens with one attached hydrogen (secondary N) is 10. The molecule has 0 radical (unpaired) electrons. The Morgan fingerprint density at radius 2 is 0.772 bits per heavy atom. The number of aryl methyl sites for hydroxylation is 1. The van der Waals surface area contributed by atoms with E-state index in [-0.39, 0.29) is 69.4 Å². The zero-order chi connectivity index (χ0) is 69.8. The minimum Gasteiger partial charge on any atom is -0.481 e. The van der Waals surface area contributed by atoms with Gasteiger partial charge in [0.05, 0.1) is 12.5 Å². The second kappa shape index (κ2) is 43.0. The van der Waals surface area contributed by atoms with E-state index < -0.39 is 207 Å². The minimum absolute atomic E-state index is 0.0105. The van der Waals surface area contributed by atoms with Crippen LogP contribution in [0.5, 0.6) is 0 Å². The van der Waals surface area contributed by atoms with Crippen LogP contribution < -0.4 is 70.4 Å². The molecule has 1 aromatic carbocycles. The topological polar surface area (TPSA) is 535 Å². The summed E-state index contributed by atoms with van der Waals surface area (Å²) in [4.78, 5) is 198. The summed E-state index contributed by atoms with van der Waals surface area (Å²) in [5, 5.41) is 62.8. The van der Waals surface area contributed by atoms with Crippen molar-refractivity contribution in [1.82, 2.24) is 53.2 Å². The van der Waals surface area contributed by atoms with Gasteiger partial charge >= 0.3 is 23.9 Å². The van der Waals surface area contributed by atoms with E-state index in [0.29, 0.717) is 12.8 Å². The van der Waals surface area contributed by atoms with Gasteiger partial charge in [0.25, 0.3) is 0 Å². The van der Waals surface area contributed by atoms with Crippen LogP contribution in [-0.4, -0.2) is 182 Å². The molecule has 0 aromatic heterocycles. The Hall–Kier alpha value is -8.81. The quantitative estimate of drug-likeness (QED) is 0.0320. The van der Waals surface area contributed by atoms with E-state index >= 15 is 0 Å². The second-order valence-corrected chi connectivity index (χ2v) is 23.3. The van der Waals surface area contributed by atoms with Gasteiger partial charge in [-0.2, -0.15) is 0 Å². The zero-order valence-corrected chi connectivity index (χ0v) is 53.5. The molecule has 0 aliphatic rings. The zero-order valence-electron chi connectivity index (χ0n) is 53.5. The maximum atomic E-state index is 14.4. The van der Waals surface area contributed by atoms with Gasteiger partial charge in [0.15, 0.2) is 0 Å². The Bertz CT molecular complexity index is 2660. The van der Waals surface area contributed by atoms with Crippen molar-refractivity contribution >= 4 is 88.9 Å². The molecule has 0 bridgehead atoms. The molecular formula is C60H97N13O19. The Kier molecular flexibility index (Phi) is 38.0. The predicted octanol–water partition coefficient (Wildman–Crippen LogP) is -1.81. The van der Waals surface area contributed by atoms with E-state index in [1.165, 1.54) is 6.92 Å². The minimum atomic E-state index is -1.83. The molecule has 0 spiro atoms. The van der Waals surface area contributed by atoms with E-state index in [1.54, 1.807) is 58.0 Å². The van der Waals surface area contributed by atoms with E-state index in [1.807, 2.05) is 13.8 Å². The molecule has 0 aliphatic carbocycles. The van der Waals surface area contributed by atoms with Gasteiger partial charge in [0.2, 0.25) is 65.0 Å². The third-order valence-corrected chi connectivity index (χ3v) is 14.6. The molecule has 0 aliphatic heterocycles. The predicted molar refractivity (Wildman–Crippen MR) is 331 cm³/mol. The fraction of sp³-hybridized carbons (Fsp3) is 0.650. The highest BCUT2D eigenvalue weighted by atomic mass is 16.4. The average molecular weight is 1300 g/mol. The molecular weight excluding hydrogens is 1210 g/mol. The molecule has 516 valence electrons. The van der Waals surface area contributed by atoms with E-state index in [0.717, 1.165) is 5.56 Å². The molecule has 11 atom stereocenters. The Labute approximate surface area is 534 Å². The summed E-state index contributed by atoms with van der Waals surface area (Å²) >= 11 is 0. The molecule has 0 heterocycles. The van der Waals surface area contributed by atoms with E-state index in [9.17, 15) is 92.3 Å². The van der Waals surface area contributed by atoms with Crippen molar-refractivity contribution in [2.75, 3.05) is 6.54 Å². The normalized spacial score (nSPS) is 14.7. The number of benzene rings is 1. The molecule has 20 N–H and O–H groups in total. The summed E-state index contributed by atoms with van der Waals surface area (Å²) in [5.41, 5.74) is 17.8. The molecule has 32 heteroatoms. The van der Waals surface area contributed by atoms with Crippen molar-refractivity contribution in [2.24, 2.45) is 29.0 Å². The Morgan fingerprint density at radius 1 is 0.413 bits per heavy atom. The standard InChI is InChI=1S/C60H97N13O19/c1-8-9-17-38(54(86)70-43(23-27-48(77)78)59(91)71-44(24-28-49(79)80)58(90)69-42(22-26-47(75)76)53(85)65-35(7)51(83)64-34(6)33(4)5)66-57(89)41(21-25-46(63)74)68-55(87)39(18-13-14-29-61)67-56(88)40(20-19-36-15-11-10-12-16-36)72-60(92)45(30-32(2)3)73-52(84)37(62)31-50(81)82/h10-12,15-16,32-35,37-45H,8-9,13-14,17-31,61-62H2,1-7H3,(H2,63,74)(H,64,83)(H,65,85)(H,66,89)(H,67,88)(H,68,87)(H,69,90)(H,70,86)(H,71,91)(H,72,92)(H,73,84)(H,75,76)(H,77,78)(H,79,80)(H,81,82)/t34-,35+,37+,38+,39+,40-,41+,42+,43+,44+,45+/m1/s1. The van der Waals surface area contributed by atoms with Crippen molar-refractivity contribution in [1.29, 1.82) is 0 Å². The first-order chi connectivity index (χ1) is 43.2. The molecule has 0 saturated carbocycles. The first-order valence-electron chi connectivity index (χ1n) is 30.9. The summed E-state index contributed by atoms with van der Waals surface area (Å²) in [6.45, 7) is 12.2. The summed E-state index contributed by atoms with van der Waals surface area (Å²) in [6.07, 6.45) is -4.60. The summed E-state index contributed by atoms with van der Waals surface area (Å²) in [6, 6.07) is -6.90. The number of aliphatic carboxylic acids is 4. The van der Waals surface area contributed by atoms with Crippen molar-refractivity contribution in [3.63, 3.8) is 0 Å². The third kappa shape index (κ3) is 33.3. The van der Waals surface area contributed by atoms with Crippen LogP contribution in [0.1, 0.15) is 163 Å². The highest BCUT2D eigenvalue weighted by Gasteiger charge is 2.36. The van der Waals surface area contributed by atoms with E-state index in [2.05, 4.69) is 53.2 Å². The molecule has 92 heavy (non-hydrogen) atoms. The lowest BCUT2D eigenvalue weighted by Gasteiger charge is -2.28. The monoisotopic (exact) mass is 1300 g/mol. The molecule has 0 saturated heterocycles. The van der Waals surface area contributed by atoms with Crippen molar-refractivity contribution < 1.29 is 92.3 Å². The van der Waals surface area contributed by atoms with Crippen molar-refractivity contribution in [2.45, 2.75) is 231 Å². The lowest BCUT2D eigenvalue weighted by Crippen LogP contribution is -2.60. The smallest absolute Gasteiger partial charge is 0.305 e. The van der Waals surface area contributed by atoms with Gasteiger partial charge in [0.1, 0.15) is 54.4 Å². The fourth-order valence-electron chi connectivity index (χ4n) is 8.89. The maximum Gasteiger partial charge on any atom is 0.305 e. The number of nitrogens with two attached hydrogens (primary N) is 3. The van der Waals surface area contributed by atoms with Gasteiger partial charge in [0, 0.05) is 31.7 Å². The number of amides is 11. The molecule has 1 rings (SSSR count). The van der Waals surface area contributed by atoms with Crippen LogP contribution in [0.2, 0.25) is 0 Å². The molecule has 1 aromatic rings. The van der Waals surface area contributed by atoms with Crippen LogP contribution in [-0.2, 0) is 78.3 Å². The number of unbranched alkanes of at least 4 members (excludes halogenated alkanes) is 2. The summed E-state index contributed by atoms with van der Waals surface area (Å²) in [7, 11) is 0. The fourth-order valence-corrected chi connectivity index (χ4v) is 8.89. The first kappa shape index (κ1) is 81.2. The SMILES string of the molecule is CCCC[C@H](NC(=O)[C@H](CCC(N)=O)NC(=O)[C@H](CCCCN)NC(=O)[C@@H](CCc1ccccc1)NC(=O)[C@H](CC(C)C)NC(=O)[C@@H](N)CC(=O)O)C(=O)N[C@@H](CCC(=O)O)C(=O)N[C@@H](CCC(=O)O)C(=O)N[C@@H](CCC(=O)O)C(=O)N[C@@H](C)C(=O)N[C@H](C)C(C)C. The number of rotatable bonds is 47. The van der Waals surface area contributed by atoms with Crippen LogP contribution in [0.4, 0.5) is 0 Å². The largest absolute Gasteiger partial charge is 0.481 e. The van der Waals surface area contributed by atoms with Gasteiger partial charge in [-0.25, -0.2) is 0 Å². The number of hydrogen-bond donors (Lipinski definition) is 17. The average Bonchev–Trinajstić information content (AvgIpc) is 1.12. The Morgan fingerprint density at radius 3 is 1.13 bits per heavy atom. The van der Waals surface area contributed by atoms with Gasteiger partial charge < -0.3 is 90.8 Å². The molecule has 0 fully saturated rings. The summed E-state index contributed by atoms with van der Waals surface area (Å²) < 4.78 is 0. The van der Waals surface area contributed by atoms with Crippen LogP contribution in [0.15, 0.2) is 30.3 Å². The lowest BCUT2D eigenvalue weighted by molar-refractivity contribution is -0.140. The number of carboxylic acids is 4. The van der Waals surface area contributed by atoms with E-state index in [4.69, 9.17) is 17.2 Å². The molecule has 32 nitrogen and oxygen atoms in total. The van der Waals surface area contributed by atoms with Gasteiger partial charge in [-0.15, -0.1) is 0 Å². The van der Waals surface area contributed by atoms with Gasteiger partial charge in [-0.05, 0) is 108 Å². The number of hydrogen-bond acceptors (Lipinski definition) is 17. The molecule has 11 amide bonds. The highest BCUT2D eigenvalue weighted by Crippen LogP contribution is 2.14. The Balaban J connectivity index is 3.71. The van der Waals surface area contributed by atoms with Crippen molar-refractivity contribution in [3.05, 3.63) is 35.9 Å². The van der Waals surface area contributed by atoms with Crippen LogP contribution in [0.25, 0.3) is 0 Å². The number of carbonyl (C=O) groups excluding carboxylic acids is 11. The van der Waals surface area contributed by atoms with Gasteiger partial charge in [-0.1, -0.05) is 77.8 Å². The van der Waals surface area contributed by atoms with Crippen LogP contribution >= 0.6 is 0 Å². The second-order valence-electron chi connectivity index (χ2n) is 23.3. The highest BCUT2D eigenvalue weighted by molar-refractivity contribution is 5.99. The summed E-state index contributed by atoms with van der Waals surface area (Å²) in [5.74, 6) is -16.6. The number of carbonyl (C=O) groups is 15. The van der Waals surface area contributed by atoms with Crippen LogP contribution in [0, 0.1) is 11.8 Å². The maximum absolute atomic E-state index is 14.4. The first-order valence-corrected chi connectivity index (χ1v) is 30.9. The van der Waals surface area contributed by atoms with Crippen molar-refractivity contribution in [3.8, 4) is 0 Å².